The summed E-state index contributed by atoms with van der Waals surface area (Å²) in [5.41, 5.74) is 0.920. The van der Waals surface area contributed by atoms with E-state index in [2.05, 4.69) is 5.32 Å². The van der Waals surface area contributed by atoms with Crippen LogP contribution < -0.4 is 5.32 Å². The average Bonchev–Trinajstić information content (AvgIpc) is 3.09. The Kier molecular flexibility index (Phi) is 3.63. The highest BCUT2D eigenvalue weighted by molar-refractivity contribution is 5.97. The Morgan fingerprint density at radius 3 is 2.52 bits per heavy atom. The molecule has 0 saturated heterocycles. The van der Waals surface area contributed by atoms with Crippen LogP contribution in [0, 0.1) is 40.7 Å². The fraction of sp³-hybridized carbons (Fsp3) is 0.375. The fourth-order valence-corrected chi connectivity index (χ4v) is 3.59. The number of nitro benzene ring substituents is 1. The van der Waals surface area contributed by atoms with Gasteiger partial charge in [-0.25, -0.2) is 0 Å². The molecule has 2 N–H and O–H groups in total. The van der Waals surface area contributed by atoms with Crippen molar-refractivity contribution >= 4 is 23.3 Å². The lowest BCUT2D eigenvalue weighted by molar-refractivity contribution is -0.384. The van der Waals surface area contributed by atoms with Crippen LogP contribution in [0.3, 0.4) is 0 Å². The van der Waals surface area contributed by atoms with Crippen molar-refractivity contribution in [2.75, 3.05) is 5.32 Å². The summed E-state index contributed by atoms with van der Waals surface area (Å²) in [4.78, 5) is 34.4. The van der Waals surface area contributed by atoms with E-state index in [9.17, 15) is 24.8 Å². The van der Waals surface area contributed by atoms with Gasteiger partial charge in [0.15, 0.2) is 0 Å². The number of carboxylic acid groups (broad SMARTS) is 1. The van der Waals surface area contributed by atoms with Gasteiger partial charge in [-0.15, -0.1) is 0 Å². The van der Waals surface area contributed by atoms with Crippen molar-refractivity contribution in [1.29, 1.82) is 0 Å². The molecule has 1 saturated carbocycles. The lowest BCUT2D eigenvalue weighted by Crippen LogP contribution is -2.36. The summed E-state index contributed by atoms with van der Waals surface area (Å²) in [5.74, 6) is -2.93. The van der Waals surface area contributed by atoms with Gasteiger partial charge in [-0.2, -0.15) is 0 Å². The molecule has 1 fully saturated rings. The van der Waals surface area contributed by atoms with Crippen molar-refractivity contribution < 1.29 is 19.6 Å². The Bertz CT molecular complexity index is 727. The highest BCUT2D eigenvalue weighted by atomic mass is 16.6. The molecular weight excluding hydrogens is 300 g/mol. The number of hydrogen-bond acceptors (Lipinski definition) is 4. The number of nitrogens with zero attached hydrogens (tertiary/aromatic N) is 1. The number of allylic oxidation sites excluding steroid dienone is 2. The lowest BCUT2D eigenvalue weighted by Gasteiger charge is -2.24. The number of amides is 1. The second-order valence-electron chi connectivity index (χ2n) is 6.08. The van der Waals surface area contributed by atoms with Crippen LogP contribution in [0.2, 0.25) is 0 Å². The number of nitro groups is 1. The van der Waals surface area contributed by atoms with Gasteiger partial charge < -0.3 is 10.4 Å². The Morgan fingerprint density at radius 1 is 1.26 bits per heavy atom. The molecule has 1 amide bonds. The molecule has 23 heavy (non-hydrogen) atoms. The zero-order valence-electron chi connectivity index (χ0n) is 12.4. The number of carboxylic acids is 1. The first-order valence-electron chi connectivity index (χ1n) is 7.35. The summed E-state index contributed by atoms with van der Waals surface area (Å²) in [7, 11) is 0. The van der Waals surface area contributed by atoms with Crippen molar-refractivity contribution in [3.05, 3.63) is 46.0 Å². The second kappa shape index (κ2) is 5.49. The van der Waals surface area contributed by atoms with E-state index in [4.69, 9.17) is 0 Å². The summed E-state index contributed by atoms with van der Waals surface area (Å²) in [6.45, 7) is 1.73. The van der Waals surface area contributed by atoms with Crippen molar-refractivity contribution in [3.63, 3.8) is 0 Å². The topological polar surface area (TPSA) is 110 Å². The van der Waals surface area contributed by atoms with Gasteiger partial charge in [-0.3, -0.25) is 19.7 Å². The van der Waals surface area contributed by atoms with Crippen LogP contribution in [-0.4, -0.2) is 21.9 Å². The maximum absolute atomic E-state index is 12.6. The molecule has 120 valence electrons. The van der Waals surface area contributed by atoms with E-state index in [1.807, 2.05) is 12.2 Å². The monoisotopic (exact) mass is 316 g/mol. The minimum absolute atomic E-state index is 0.0832. The third kappa shape index (κ3) is 2.58. The molecule has 1 aromatic rings. The van der Waals surface area contributed by atoms with Crippen molar-refractivity contribution in [3.8, 4) is 0 Å². The van der Waals surface area contributed by atoms with E-state index in [1.54, 1.807) is 13.0 Å². The first kappa shape index (κ1) is 15.2. The van der Waals surface area contributed by atoms with Gasteiger partial charge in [0, 0.05) is 12.1 Å². The smallest absolute Gasteiger partial charge is 0.307 e. The van der Waals surface area contributed by atoms with Gasteiger partial charge in [0.2, 0.25) is 5.91 Å². The summed E-state index contributed by atoms with van der Waals surface area (Å²) in [5, 5.41) is 22.9. The highest BCUT2D eigenvalue weighted by Crippen LogP contribution is 2.48. The average molecular weight is 316 g/mol. The van der Waals surface area contributed by atoms with Crippen LogP contribution in [-0.2, 0) is 9.59 Å². The van der Waals surface area contributed by atoms with Crippen molar-refractivity contribution in [2.24, 2.45) is 23.7 Å². The van der Waals surface area contributed by atoms with Crippen LogP contribution in [0.4, 0.5) is 11.4 Å². The molecule has 0 radical (unpaired) electrons. The minimum atomic E-state index is -0.974. The SMILES string of the molecule is Cc1ccc([N+](=O)[O-])cc1NC(=O)[C@@H]1[C@@H](C(=O)O)[C@H]2C=C[C@H]1C2. The van der Waals surface area contributed by atoms with Crippen molar-refractivity contribution in [2.45, 2.75) is 13.3 Å². The van der Waals surface area contributed by atoms with Crippen molar-refractivity contribution in [1.82, 2.24) is 0 Å². The summed E-state index contributed by atoms with van der Waals surface area (Å²) < 4.78 is 0. The second-order valence-corrected chi connectivity index (χ2v) is 6.08. The van der Waals surface area contributed by atoms with Crippen LogP contribution in [0.5, 0.6) is 0 Å². The number of aliphatic carboxylic acids is 1. The van der Waals surface area contributed by atoms with Gasteiger partial charge in [0.1, 0.15) is 0 Å². The molecule has 0 aliphatic heterocycles. The number of rotatable bonds is 4. The van der Waals surface area contributed by atoms with E-state index < -0.39 is 28.6 Å². The normalized spacial score (nSPS) is 27.9. The molecule has 2 aliphatic rings. The van der Waals surface area contributed by atoms with Gasteiger partial charge in [0.25, 0.3) is 5.69 Å². The number of aryl methyl sites for hydroxylation is 1. The molecule has 7 heteroatoms. The Morgan fingerprint density at radius 2 is 1.91 bits per heavy atom. The quantitative estimate of drug-likeness (QED) is 0.503. The molecule has 0 unspecified atom stereocenters. The third-order valence-corrected chi connectivity index (χ3v) is 4.74. The van der Waals surface area contributed by atoms with Crippen LogP contribution in [0.15, 0.2) is 30.4 Å². The van der Waals surface area contributed by atoms with Gasteiger partial charge >= 0.3 is 5.97 Å². The number of hydrogen-bond donors (Lipinski definition) is 2. The number of non-ortho nitro benzene ring substituents is 1. The van der Waals surface area contributed by atoms with E-state index in [1.165, 1.54) is 12.1 Å². The summed E-state index contributed by atoms with van der Waals surface area (Å²) >= 11 is 0. The number of benzene rings is 1. The number of carbonyl (C=O) groups is 2. The van der Waals surface area contributed by atoms with Crippen LogP contribution in [0.25, 0.3) is 0 Å². The third-order valence-electron chi connectivity index (χ3n) is 4.74. The highest BCUT2D eigenvalue weighted by Gasteiger charge is 2.51. The zero-order valence-corrected chi connectivity index (χ0v) is 12.4. The molecule has 0 spiro atoms. The van der Waals surface area contributed by atoms with Crippen LogP contribution >= 0.6 is 0 Å². The first-order chi connectivity index (χ1) is 10.9. The number of carbonyl (C=O) groups excluding carboxylic acids is 1. The predicted molar refractivity (Wildman–Crippen MR) is 81.8 cm³/mol. The van der Waals surface area contributed by atoms with E-state index in [-0.39, 0.29) is 17.5 Å². The molecule has 1 aromatic carbocycles. The van der Waals surface area contributed by atoms with E-state index in [0.717, 1.165) is 0 Å². The van der Waals surface area contributed by atoms with E-state index in [0.29, 0.717) is 17.7 Å². The Hall–Kier alpha value is -2.70. The number of anilines is 1. The molecule has 4 atom stereocenters. The Balaban J connectivity index is 1.85. The van der Waals surface area contributed by atoms with Gasteiger partial charge in [0.05, 0.1) is 22.4 Å². The van der Waals surface area contributed by atoms with Gasteiger partial charge in [-0.05, 0) is 30.7 Å². The zero-order chi connectivity index (χ0) is 16.7. The predicted octanol–water partition coefficient (Wildman–Crippen LogP) is 2.36. The van der Waals surface area contributed by atoms with Gasteiger partial charge in [-0.1, -0.05) is 18.2 Å². The van der Waals surface area contributed by atoms with Crippen LogP contribution in [0.1, 0.15) is 12.0 Å². The minimum Gasteiger partial charge on any atom is -0.481 e. The fourth-order valence-electron chi connectivity index (χ4n) is 3.59. The lowest BCUT2D eigenvalue weighted by atomic mass is 9.82. The molecular formula is C16H16N2O5. The molecule has 3 rings (SSSR count). The summed E-state index contributed by atoms with van der Waals surface area (Å²) in [6, 6.07) is 4.22. The molecule has 0 heterocycles. The summed E-state index contributed by atoms with van der Waals surface area (Å²) in [6.07, 6.45) is 4.43. The largest absolute Gasteiger partial charge is 0.481 e. The molecule has 7 nitrogen and oxygen atoms in total. The number of nitrogens with one attached hydrogen (secondary N) is 1. The Labute approximate surface area is 132 Å². The first-order valence-corrected chi connectivity index (χ1v) is 7.35. The molecule has 2 aliphatic carbocycles. The number of fused-ring (bicyclic) bond motifs is 2. The van der Waals surface area contributed by atoms with E-state index >= 15 is 0 Å². The standard InChI is InChI=1S/C16H16N2O5/c1-8-2-5-11(18(22)23)7-12(8)17-15(19)13-9-3-4-10(6-9)14(13)16(20)21/h2-5,7,9-10,13-14H,6H2,1H3,(H,17,19)(H,20,21)/t9-,10-,13-,14-/m0/s1. The maximum Gasteiger partial charge on any atom is 0.307 e. The molecule has 2 bridgehead atoms. The maximum atomic E-state index is 12.6. The molecule has 0 aromatic heterocycles.